The van der Waals surface area contributed by atoms with Gasteiger partial charge in [-0.3, -0.25) is 14.0 Å². The molecule has 194 valence electrons. The molecule has 37 heavy (non-hydrogen) atoms. The summed E-state index contributed by atoms with van der Waals surface area (Å²) in [4.78, 5) is 24.0. The van der Waals surface area contributed by atoms with Crippen LogP contribution in [0.15, 0.2) is 42.7 Å². The van der Waals surface area contributed by atoms with Crippen LogP contribution in [0.3, 0.4) is 0 Å². The van der Waals surface area contributed by atoms with Gasteiger partial charge < -0.3 is 10.6 Å². The predicted molar refractivity (Wildman–Crippen MR) is 131 cm³/mol. The van der Waals surface area contributed by atoms with Gasteiger partial charge in [0.1, 0.15) is 5.82 Å². The molecular formula is C23H22F3N7O3S. The third-order valence-electron chi connectivity index (χ3n) is 5.88. The van der Waals surface area contributed by atoms with E-state index in [0.717, 1.165) is 22.3 Å². The second-order valence-electron chi connectivity index (χ2n) is 8.77. The molecule has 1 fully saturated rings. The SMILES string of the molecule is CS(=O)(=O)N(c1ncccc1CN(c1nc(Nc2ccc3c(c2)NC(=O)C3)ncc1F)C(F)F)C1CC1. The van der Waals surface area contributed by atoms with Gasteiger partial charge in [0.15, 0.2) is 11.6 Å². The molecule has 5 rings (SSSR count). The Balaban J connectivity index is 1.45. The summed E-state index contributed by atoms with van der Waals surface area (Å²) in [5.41, 5.74) is 2.04. The van der Waals surface area contributed by atoms with Crippen molar-refractivity contribution in [1.82, 2.24) is 15.0 Å². The molecule has 0 saturated heterocycles. The zero-order valence-electron chi connectivity index (χ0n) is 19.5. The lowest BCUT2D eigenvalue weighted by Gasteiger charge is -2.27. The smallest absolute Gasteiger partial charge is 0.316 e. The first kappa shape index (κ1) is 24.7. The summed E-state index contributed by atoms with van der Waals surface area (Å²) < 4.78 is 69.2. The molecule has 0 radical (unpaired) electrons. The lowest BCUT2D eigenvalue weighted by Crippen LogP contribution is -2.35. The Kier molecular flexibility index (Phi) is 6.35. The van der Waals surface area contributed by atoms with Gasteiger partial charge in [0.2, 0.25) is 21.9 Å². The van der Waals surface area contributed by atoms with E-state index in [-0.39, 0.29) is 35.7 Å². The van der Waals surface area contributed by atoms with Gasteiger partial charge in [-0.2, -0.15) is 13.8 Å². The first-order valence-electron chi connectivity index (χ1n) is 11.3. The number of hydrogen-bond acceptors (Lipinski definition) is 8. The fourth-order valence-corrected chi connectivity index (χ4v) is 5.35. The van der Waals surface area contributed by atoms with E-state index in [0.29, 0.717) is 29.1 Å². The number of pyridine rings is 1. The highest BCUT2D eigenvalue weighted by Crippen LogP contribution is 2.36. The van der Waals surface area contributed by atoms with E-state index in [4.69, 9.17) is 0 Å². The largest absolute Gasteiger partial charge is 0.325 e. The molecule has 3 aromatic rings. The molecule has 14 heteroatoms. The molecule has 0 spiro atoms. The molecule has 3 heterocycles. The number of anilines is 5. The van der Waals surface area contributed by atoms with E-state index in [1.807, 2.05) is 0 Å². The van der Waals surface area contributed by atoms with Crippen LogP contribution in [0.4, 0.5) is 42.1 Å². The lowest BCUT2D eigenvalue weighted by molar-refractivity contribution is -0.115. The first-order chi connectivity index (χ1) is 17.6. The first-order valence-corrected chi connectivity index (χ1v) is 13.2. The van der Waals surface area contributed by atoms with E-state index in [1.54, 1.807) is 18.2 Å². The van der Waals surface area contributed by atoms with Gasteiger partial charge in [0.05, 0.1) is 25.4 Å². The van der Waals surface area contributed by atoms with Crippen LogP contribution in [0, 0.1) is 5.82 Å². The molecule has 1 saturated carbocycles. The molecule has 2 aliphatic rings. The van der Waals surface area contributed by atoms with Crippen LogP contribution in [0.5, 0.6) is 0 Å². The fraction of sp³-hybridized carbons (Fsp3) is 0.304. The van der Waals surface area contributed by atoms with Gasteiger partial charge in [-0.05, 0) is 36.6 Å². The van der Waals surface area contributed by atoms with Crippen LogP contribution < -0.4 is 19.8 Å². The molecule has 10 nitrogen and oxygen atoms in total. The molecule has 0 bridgehead atoms. The number of aromatic nitrogens is 3. The summed E-state index contributed by atoms with van der Waals surface area (Å²) >= 11 is 0. The van der Waals surface area contributed by atoms with Crippen molar-refractivity contribution in [2.45, 2.75) is 38.4 Å². The van der Waals surface area contributed by atoms with Crippen molar-refractivity contribution in [3.05, 3.63) is 59.7 Å². The maximum atomic E-state index is 14.7. The summed E-state index contributed by atoms with van der Waals surface area (Å²) in [5, 5.41) is 5.54. The molecule has 1 aliphatic heterocycles. The Morgan fingerprint density at radius 3 is 2.68 bits per heavy atom. The highest BCUT2D eigenvalue weighted by molar-refractivity contribution is 7.92. The average Bonchev–Trinajstić information content (AvgIpc) is 3.58. The molecule has 2 aromatic heterocycles. The summed E-state index contributed by atoms with van der Waals surface area (Å²) in [6, 6.07) is 7.68. The number of nitrogens with one attached hydrogen (secondary N) is 2. The highest BCUT2D eigenvalue weighted by Gasteiger charge is 2.38. The van der Waals surface area contributed by atoms with Gasteiger partial charge in [0, 0.05) is 29.2 Å². The minimum absolute atomic E-state index is 0.0196. The van der Waals surface area contributed by atoms with Crippen molar-refractivity contribution in [2.24, 2.45) is 0 Å². The summed E-state index contributed by atoms with van der Waals surface area (Å²) in [5.74, 6) is -2.03. The monoisotopic (exact) mass is 533 g/mol. The van der Waals surface area contributed by atoms with Crippen LogP contribution >= 0.6 is 0 Å². The minimum Gasteiger partial charge on any atom is -0.325 e. The number of rotatable bonds is 9. The number of carbonyl (C=O) groups excluding carboxylic acids is 1. The van der Waals surface area contributed by atoms with Gasteiger partial charge >= 0.3 is 6.55 Å². The van der Waals surface area contributed by atoms with E-state index in [1.165, 1.54) is 18.3 Å². The Morgan fingerprint density at radius 1 is 1.19 bits per heavy atom. The molecule has 0 unspecified atom stereocenters. The number of alkyl halides is 2. The summed E-state index contributed by atoms with van der Waals surface area (Å²) in [7, 11) is -3.73. The van der Waals surface area contributed by atoms with Crippen LogP contribution in [0.25, 0.3) is 0 Å². The Hall–Kier alpha value is -3.94. The number of carbonyl (C=O) groups is 1. The zero-order chi connectivity index (χ0) is 26.3. The number of hydrogen-bond donors (Lipinski definition) is 2. The second-order valence-corrected chi connectivity index (χ2v) is 10.6. The van der Waals surface area contributed by atoms with Crippen LogP contribution in [0.2, 0.25) is 0 Å². The van der Waals surface area contributed by atoms with E-state index in [9.17, 15) is 26.4 Å². The third-order valence-corrected chi connectivity index (χ3v) is 7.06. The summed E-state index contributed by atoms with van der Waals surface area (Å²) in [6.45, 7) is -3.73. The topological polar surface area (TPSA) is 120 Å². The standard InChI is InChI=1S/C23H22F3N7O3S/c1-37(35,36)33(16-6-7-16)20-14(3-2-8-27-20)12-32(22(25)26)21-17(24)11-28-23(31-21)29-15-5-4-13-9-19(34)30-18(13)10-15/h2-5,8,10-11,16,22H,6-7,9,12H2,1H3,(H,30,34)(H,28,29,31). The van der Waals surface area contributed by atoms with Crippen molar-refractivity contribution in [2.75, 3.05) is 26.1 Å². The van der Waals surface area contributed by atoms with Crippen molar-refractivity contribution in [3.8, 4) is 0 Å². The highest BCUT2D eigenvalue weighted by atomic mass is 32.2. The van der Waals surface area contributed by atoms with Gasteiger partial charge in [0.25, 0.3) is 0 Å². The van der Waals surface area contributed by atoms with Crippen LogP contribution in [-0.2, 0) is 27.8 Å². The van der Waals surface area contributed by atoms with Crippen LogP contribution in [0.1, 0.15) is 24.0 Å². The molecule has 0 atom stereocenters. The van der Waals surface area contributed by atoms with E-state index >= 15 is 0 Å². The Bertz CT molecular complexity index is 1470. The van der Waals surface area contributed by atoms with Gasteiger partial charge in [-0.25, -0.2) is 22.8 Å². The zero-order valence-corrected chi connectivity index (χ0v) is 20.3. The van der Waals surface area contributed by atoms with E-state index < -0.39 is 34.8 Å². The molecular weight excluding hydrogens is 511 g/mol. The number of benzene rings is 1. The summed E-state index contributed by atoms with van der Waals surface area (Å²) in [6.07, 6.45) is 4.68. The van der Waals surface area contributed by atoms with Gasteiger partial charge in [-0.15, -0.1) is 0 Å². The Labute approximate surface area is 210 Å². The molecule has 1 amide bonds. The number of fused-ring (bicyclic) bond motifs is 1. The van der Waals surface area contributed by atoms with Gasteiger partial charge in [-0.1, -0.05) is 12.1 Å². The molecule has 1 aromatic carbocycles. The van der Waals surface area contributed by atoms with Crippen molar-refractivity contribution < 1.29 is 26.4 Å². The Morgan fingerprint density at radius 2 is 1.97 bits per heavy atom. The number of sulfonamides is 1. The predicted octanol–water partition coefficient (Wildman–Crippen LogP) is 3.41. The molecule has 2 N–H and O–H groups in total. The average molecular weight is 534 g/mol. The minimum atomic E-state index is -3.73. The maximum absolute atomic E-state index is 14.7. The quantitative estimate of drug-likeness (QED) is 0.402. The van der Waals surface area contributed by atoms with Crippen molar-refractivity contribution in [3.63, 3.8) is 0 Å². The number of halogens is 3. The lowest BCUT2D eigenvalue weighted by atomic mass is 10.1. The van der Waals surface area contributed by atoms with Crippen LogP contribution in [-0.4, -0.2) is 48.1 Å². The third kappa shape index (κ3) is 5.28. The normalized spacial score (nSPS) is 14.9. The van der Waals surface area contributed by atoms with Crippen molar-refractivity contribution >= 4 is 44.9 Å². The number of amides is 1. The molecule has 1 aliphatic carbocycles. The second kappa shape index (κ2) is 9.50. The fourth-order valence-electron chi connectivity index (χ4n) is 4.12. The van der Waals surface area contributed by atoms with E-state index in [2.05, 4.69) is 25.6 Å². The number of nitrogens with zero attached hydrogens (tertiary/aromatic N) is 5. The maximum Gasteiger partial charge on any atom is 0.316 e. The van der Waals surface area contributed by atoms with Crippen molar-refractivity contribution in [1.29, 1.82) is 0 Å².